The number of hydrogen-bond acceptors (Lipinski definition) is 4. The maximum atomic E-state index is 12.6. The van der Waals surface area contributed by atoms with Crippen molar-refractivity contribution in [1.29, 1.82) is 0 Å². The molecule has 2 amide bonds. The van der Waals surface area contributed by atoms with Crippen molar-refractivity contribution < 1.29 is 19.1 Å². The molecule has 6 nitrogen and oxygen atoms in total. The molecule has 0 spiro atoms. The van der Waals surface area contributed by atoms with Gasteiger partial charge >= 0.3 is 0 Å². The smallest absolute Gasteiger partial charge is 0.258 e. The summed E-state index contributed by atoms with van der Waals surface area (Å²) >= 11 is 0. The zero-order valence-corrected chi connectivity index (χ0v) is 15.5. The molecule has 0 aliphatic carbocycles. The van der Waals surface area contributed by atoms with Crippen LogP contribution in [0.5, 0.6) is 11.5 Å². The number of hydrogen-bond donors (Lipinski definition) is 1. The van der Waals surface area contributed by atoms with Crippen LogP contribution in [0.2, 0.25) is 0 Å². The molecule has 0 aliphatic rings. The number of ether oxygens (including phenoxy) is 2. The minimum atomic E-state index is -0.313. The van der Waals surface area contributed by atoms with E-state index in [0.717, 1.165) is 11.3 Å². The van der Waals surface area contributed by atoms with Crippen molar-refractivity contribution in [3.8, 4) is 11.5 Å². The van der Waals surface area contributed by atoms with Crippen LogP contribution in [0.15, 0.2) is 42.5 Å². The van der Waals surface area contributed by atoms with Crippen molar-refractivity contribution in [3.05, 3.63) is 53.6 Å². The van der Waals surface area contributed by atoms with Crippen LogP contribution in [0.1, 0.15) is 22.8 Å². The van der Waals surface area contributed by atoms with Gasteiger partial charge in [0.2, 0.25) is 5.91 Å². The highest BCUT2D eigenvalue weighted by Crippen LogP contribution is 2.27. The van der Waals surface area contributed by atoms with Crippen molar-refractivity contribution >= 4 is 17.5 Å². The van der Waals surface area contributed by atoms with Crippen LogP contribution < -0.4 is 19.7 Å². The predicted octanol–water partition coefficient (Wildman–Crippen LogP) is 2.80. The first-order valence-electron chi connectivity index (χ1n) is 8.32. The van der Waals surface area contributed by atoms with Gasteiger partial charge in [-0.05, 0) is 36.8 Å². The highest BCUT2D eigenvalue weighted by atomic mass is 16.5. The number of benzene rings is 2. The van der Waals surface area contributed by atoms with Crippen molar-refractivity contribution in [2.45, 2.75) is 13.8 Å². The number of carbonyl (C=O) groups is 2. The number of amides is 2. The highest BCUT2D eigenvalue weighted by molar-refractivity contribution is 6.00. The summed E-state index contributed by atoms with van der Waals surface area (Å²) in [7, 11) is 3.00. The van der Waals surface area contributed by atoms with Crippen LogP contribution in [-0.2, 0) is 4.79 Å². The molecular weight excluding hydrogens is 332 g/mol. The van der Waals surface area contributed by atoms with Gasteiger partial charge in [-0.2, -0.15) is 0 Å². The lowest BCUT2D eigenvalue weighted by Crippen LogP contribution is -2.37. The van der Waals surface area contributed by atoms with E-state index in [-0.39, 0.29) is 11.8 Å². The summed E-state index contributed by atoms with van der Waals surface area (Å²) in [6, 6.07) is 12.8. The van der Waals surface area contributed by atoms with Crippen molar-refractivity contribution in [2.24, 2.45) is 0 Å². The molecule has 6 heteroatoms. The van der Waals surface area contributed by atoms with Crippen LogP contribution in [0.3, 0.4) is 0 Å². The van der Waals surface area contributed by atoms with Crippen LogP contribution >= 0.6 is 0 Å². The number of anilines is 1. The van der Waals surface area contributed by atoms with Crippen LogP contribution in [0.4, 0.5) is 5.69 Å². The van der Waals surface area contributed by atoms with Gasteiger partial charge in [-0.3, -0.25) is 9.59 Å². The SMILES string of the molecule is COc1cccc(OC)c1C(=O)NCCN(C(C)=O)c1cccc(C)c1. The summed E-state index contributed by atoms with van der Waals surface area (Å²) in [5.41, 5.74) is 2.21. The second kappa shape index (κ2) is 8.89. The topological polar surface area (TPSA) is 67.9 Å². The fourth-order valence-corrected chi connectivity index (χ4v) is 2.71. The molecule has 2 aromatic rings. The van der Waals surface area contributed by atoms with Gasteiger partial charge in [0.15, 0.2) is 0 Å². The van der Waals surface area contributed by atoms with Gasteiger partial charge in [0.1, 0.15) is 17.1 Å². The third-order valence-corrected chi connectivity index (χ3v) is 3.97. The van der Waals surface area contributed by atoms with Gasteiger partial charge in [0.25, 0.3) is 5.91 Å². The normalized spacial score (nSPS) is 10.2. The van der Waals surface area contributed by atoms with Gasteiger partial charge in [-0.25, -0.2) is 0 Å². The summed E-state index contributed by atoms with van der Waals surface area (Å²) in [4.78, 5) is 26.2. The van der Waals surface area contributed by atoms with Gasteiger partial charge < -0.3 is 19.7 Å². The lowest BCUT2D eigenvalue weighted by molar-refractivity contribution is -0.116. The van der Waals surface area contributed by atoms with E-state index in [0.29, 0.717) is 30.2 Å². The van der Waals surface area contributed by atoms with Crippen LogP contribution in [-0.4, -0.2) is 39.1 Å². The lowest BCUT2D eigenvalue weighted by Gasteiger charge is -2.22. The Morgan fingerprint density at radius 3 is 2.19 bits per heavy atom. The Kier molecular flexibility index (Phi) is 6.60. The predicted molar refractivity (Wildman–Crippen MR) is 101 cm³/mol. The third kappa shape index (κ3) is 4.53. The van der Waals surface area contributed by atoms with E-state index in [2.05, 4.69) is 5.32 Å². The molecule has 0 aliphatic heterocycles. The maximum Gasteiger partial charge on any atom is 0.258 e. The van der Waals surface area contributed by atoms with Gasteiger partial charge in [-0.1, -0.05) is 18.2 Å². The van der Waals surface area contributed by atoms with Crippen LogP contribution in [0.25, 0.3) is 0 Å². The summed E-state index contributed by atoms with van der Waals surface area (Å²) < 4.78 is 10.5. The molecule has 2 rings (SSSR count). The Balaban J connectivity index is 2.08. The first-order chi connectivity index (χ1) is 12.5. The zero-order valence-electron chi connectivity index (χ0n) is 15.5. The van der Waals surface area contributed by atoms with E-state index in [1.165, 1.54) is 21.1 Å². The molecule has 0 radical (unpaired) electrons. The molecular formula is C20H24N2O4. The molecule has 0 fully saturated rings. The third-order valence-electron chi connectivity index (χ3n) is 3.97. The van der Waals surface area contributed by atoms with E-state index in [1.807, 2.05) is 31.2 Å². The minimum Gasteiger partial charge on any atom is -0.496 e. The largest absolute Gasteiger partial charge is 0.496 e. The number of carbonyl (C=O) groups excluding carboxylic acids is 2. The Morgan fingerprint density at radius 2 is 1.65 bits per heavy atom. The summed E-state index contributed by atoms with van der Waals surface area (Å²) in [5, 5.41) is 2.83. The van der Waals surface area contributed by atoms with Gasteiger partial charge in [0, 0.05) is 25.7 Å². The molecule has 0 heterocycles. The van der Waals surface area contributed by atoms with Gasteiger partial charge in [0.05, 0.1) is 14.2 Å². The molecule has 0 bridgehead atoms. The number of rotatable bonds is 7. The number of nitrogens with zero attached hydrogens (tertiary/aromatic N) is 1. The molecule has 26 heavy (non-hydrogen) atoms. The Labute approximate surface area is 153 Å². The van der Waals surface area contributed by atoms with Crippen LogP contribution in [0, 0.1) is 6.92 Å². The lowest BCUT2D eigenvalue weighted by atomic mass is 10.1. The second-order valence-corrected chi connectivity index (χ2v) is 5.80. The average Bonchev–Trinajstić information content (AvgIpc) is 2.63. The summed E-state index contributed by atoms with van der Waals surface area (Å²) in [5.74, 6) is 0.472. The molecule has 0 atom stereocenters. The molecule has 138 valence electrons. The van der Waals surface area contributed by atoms with E-state index < -0.39 is 0 Å². The Morgan fingerprint density at radius 1 is 1.04 bits per heavy atom. The maximum absolute atomic E-state index is 12.6. The zero-order chi connectivity index (χ0) is 19.1. The Hall–Kier alpha value is -3.02. The fraction of sp³-hybridized carbons (Fsp3) is 0.300. The Bertz CT molecular complexity index is 767. The number of methoxy groups -OCH3 is 2. The second-order valence-electron chi connectivity index (χ2n) is 5.80. The van der Waals surface area contributed by atoms with E-state index in [1.54, 1.807) is 23.1 Å². The first kappa shape index (κ1) is 19.3. The molecule has 1 N–H and O–H groups in total. The quantitative estimate of drug-likeness (QED) is 0.828. The van der Waals surface area contributed by atoms with E-state index in [9.17, 15) is 9.59 Å². The van der Waals surface area contributed by atoms with E-state index in [4.69, 9.17) is 9.47 Å². The summed E-state index contributed by atoms with van der Waals surface area (Å²) in [6.07, 6.45) is 0. The molecule has 0 unspecified atom stereocenters. The fourth-order valence-electron chi connectivity index (χ4n) is 2.71. The standard InChI is InChI=1S/C20H24N2O4/c1-14-7-5-8-16(13-14)22(15(2)23)12-11-21-20(24)19-17(25-3)9-6-10-18(19)26-4/h5-10,13H,11-12H2,1-4H3,(H,21,24). The minimum absolute atomic E-state index is 0.0836. The first-order valence-corrected chi connectivity index (χ1v) is 8.32. The molecule has 0 saturated carbocycles. The molecule has 0 aromatic heterocycles. The molecule has 2 aromatic carbocycles. The number of aryl methyl sites for hydroxylation is 1. The monoisotopic (exact) mass is 356 g/mol. The van der Waals surface area contributed by atoms with Crippen molar-refractivity contribution in [1.82, 2.24) is 5.32 Å². The van der Waals surface area contributed by atoms with Crippen molar-refractivity contribution in [3.63, 3.8) is 0 Å². The van der Waals surface area contributed by atoms with Gasteiger partial charge in [-0.15, -0.1) is 0 Å². The highest BCUT2D eigenvalue weighted by Gasteiger charge is 2.18. The average molecular weight is 356 g/mol. The molecule has 0 saturated heterocycles. The summed E-state index contributed by atoms with van der Waals surface area (Å²) in [6.45, 7) is 4.14. The van der Waals surface area contributed by atoms with Crippen molar-refractivity contribution in [2.75, 3.05) is 32.2 Å². The van der Waals surface area contributed by atoms with E-state index >= 15 is 0 Å². The number of nitrogens with one attached hydrogen (secondary N) is 1.